The first kappa shape index (κ1) is 17.1. The molecular formula is C20H21FOSSi. The van der Waals surface area contributed by atoms with Gasteiger partial charge in [0.1, 0.15) is 19.7 Å². The Hall–Kier alpha value is -1.78. The smallest absolute Gasteiger partial charge is 0.141 e. The molecule has 124 valence electrons. The van der Waals surface area contributed by atoms with Crippen LogP contribution in [0.3, 0.4) is 0 Å². The van der Waals surface area contributed by atoms with Crippen molar-refractivity contribution < 1.29 is 8.81 Å². The van der Waals surface area contributed by atoms with Crippen LogP contribution in [0, 0.1) is 5.82 Å². The molecule has 0 atom stereocenters. The number of hydrogen-bond acceptors (Lipinski definition) is 2. The third kappa shape index (κ3) is 3.50. The van der Waals surface area contributed by atoms with Crippen LogP contribution in [0.4, 0.5) is 4.39 Å². The SMILES string of the molecule is CSc1ccc(-c2cc([Si](C)(C)C)oc2-c2ccc(F)cc2)cc1. The molecule has 0 fully saturated rings. The van der Waals surface area contributed by atoms with Crippen LogP contribution in [0.1, 0.15) is 0 Å². The summed E-state index contributed by atoms with van der Waals surface area (Å²) in [7, 11) is -1.58. The number of hydrogen-bond donors (Lipinski definition) is 0. The highest BCUT2D eigenvalue weighted by Crippen LogP contribution is 2.34. The molecular weight excluding hydrogens is 335 g/mol. The van der Waals surface area contributed by atoms with Gasteiger partial charge in [-0.3, -0.25) is 0 Å². The predicted molar refractivity (Wildman–Crippen MR) is 104 cm³/mol. The number of rotatable bonds is 4. The van der Waals surface area contributed by atoms with Crippen LogP contribution in [0.2, 0.25) is 19.6 Å². The van der Waals surface area contributed by atoms with Gasteiger partial charge in [0.25, 0.3) is 0 Å². The molecule has 0 aliphatic heterocycles. The van der Waals surface area contributed by atoms with Crippen LogP contribution in [0.5, 0.6) is 0 Å². The number of benzene rings is 2. The van der Waals surface area contributed by atoms with Crippen LogP contribution in [-0.2, 0) is 0 Å². The maximum absolute atomic E-state index is 13.3. The summed E-state index contributed by atoms with van der Waals surface area (Å²) >= 11 is 1.73. The van der Waals surface area contributed by atoms with E-state index in [9.17, 15) is 4.39 Å². The topological polar surface area (TPSA) is 13.1 Å². The fourth-order valence-electron chi connectivity index (χ4n) is 2.56. The molecule has 24 heavy (non-hydrogen) atoms. The molecule has 0 bridgehead atoms. The number of thioether (sulfide) groups is 1. The van der Waals surface area contributed by atoms with Crippen molar-refractivity contribution in [2.75, 3.05) is 6.26 Å². The van der Waals surface area contributed by atoms with Crippen LogP contribution < -0.4 is 5.38 Å². The van der Waals surface area contributed by atoms with E-state index >= 15 is 0 Å². The molecule has 0 aliphatic carbocycles. The monoisotopic (exact) mass is 356 g/mol. The highest BCUT2D eigenvalue weighted by Gasteiger charge is 2.25. The minimum Gasteiger partial charge on any atom is -0.466 e. The van der Waals surface area contributed by atoms with Crippen LogP contribution in [0.15, 0.2) is 63.9 Å². The van der Waals surface area contributed by atoms with E-state index in [4.69, 9.17) is 4.42 Å². The maximum Gasteiger partial charge on any atom is 0.141 e. The Morgan fingerprint density at radius 1 is 0.875 bits per heavy atom. The summed E-state index contributed by atoms with van der Waals surface area (Å²) in [5, 5.41) is 1.06. The first-order valence-corrected chi connectivity index (χ1v) is 12.7. The first-order chi connectivity index (χ1) is 11.4. The Labute approximate surface area is 147 Å². The van der Waals surface area contributed by atoms with Crippen LogP contribution >= 0.6 is 11.8 Å². The quantitative estimate of drug-likeness (QED) is 0.419. The second-order valence-electron chi connectivity index (χ2n) is 6.84. The molecule has 3 aromatic rings. The van der Waals surface area contributed by atoms with Gasteiger partial charge in [-0.15, -0.1) is 11.8 Å². The summed E-state index contributed by atoms with van der Waals surface area (Å²) in [6, 6.07) is 17.2. The van der Waals surface area contributed by atoms with Gasteiger partial charge in [0, 0.05) is 16.0 Å². The molecule has 4 heteroatoms. The third-order valence-electron chi connectivity index (χ3n) is 3.98. The normalized spacial score (nSPS) is 11.7. The van der Waals surface area contributed by atoms with Crippen molar-refractivity contribution in [1.82, 2.24) is 0 Å². The van der Waals surface area contributed by atoms with E-state index in [1.54, 1.807) is 23.9 Å². The standard InChI is InChI=1S/C20H21FOSSi/c1-23-17-11-7-14(8-12-17)18-13-19(24(2,3)4)22-20(18)15-5-9-16(21)10-6-15/h5-13H,1-4H3. The minimum atomic E-state index is -1.58. The molecule has 2 aromatic carbocycles. The summed E-state index contributed by atoms with van der Waals surface area (Å²) < 4.78 is 19.5. The summed E-state index contributed by atoms with van der Waals surface area (Å²) in [6.07, 6.45) is 2.07. The Kier molecular flexibility index (Phi) is 4.70. The second kappa shape index (κ2) is 6.61. The van der Waals surface area contributed by atoms with Gasteiger partial charge in [0.15, 0.2) is 0 Å². The van der Waals surface area contributed by atoms with Gasteiger partial charge in [-0.25, -0.2) is 4.39 Å². The summed E-state index contributed by atoms with van der Waals surface area (Å²) in [5.74, 6) is 0.589. The fraction of sp³-hybridized carbons (Fsp3) is 0.200. The average Bonchev–Trinajstić information content (AvgIpc) is 3.01. The molecule has 1 nitrogen and oxygen atoms in total. The molecule has 0 unspecified atom stereocenters. The van der Waals surface area contributed by atoms with Crippen LogP contribution in [0.25, 0.3) is 22.5 Å². The Morgan fingerprint density at radius 3 is 2.00 bits per heavy atom. The van der Waals surface area contributed by atoms with E-state index in [1.807, 2.05) is 0 Å². The van der Waals surface area contributed by atoms with Gasteiger partial charge in [-0.05, 0) is 54.3 Å². The van der Waals surface area contributed by atoms with E-state index < -0.39 is 8.07 Å². The zero-order valence-electron chi connectivity index (χ0n) is 14.4. The first-order valence-electron chi connectivity index (χ1n) is 7.93. The van der Waals surface area contributed by atoms with E-state index in [-0.39, 0.29) is 5.82 Å². The van der Waals surface area contributed by atoms with Crippen molar-refractivity contribution in [3.63, 3.8) is 0 Å². The highest BCUT2D eigenvalue weighted by atomic mass is 32.2. The lowest BCUT2D eigenvalue weighted by Crippen LogP contribution is -2.36. The van der Waals surface area contributed by atoms with E-state index in [0.29, 0.717) is 0 Å². The zero-order chi connectivity index (χ0) is 17.3. The van der Waals surface area contributed by atoms with Crippen molar-refractivity contribution in [3.05, 3.63) is 60.4 Å². The largest absolute Gasteiger partial charge is 0.466 e. The van der Waals surface area contributed by atoms with Crippen molar-refractivity contribution in [1.29, 1.82) is 0 Å². The molecule has 0 saturated heterocycles. The fourth-order valence-corrected chi connectivity index (χ4v) is 3.96. The van der Waals surface area contributed by atoms with Gasteiger partial charge in [0.2, 0.25) is 0 Å². The lowest BCUT2D eigenvalue weighted by atomic mass is 10.0. The summed E-state index contributed by atoms with van der Waals surface area (Å²) in [5.41, 5.74) is 3.11. The molecule has 0 radical (unpaired) electrons. The highest BCUT2D eigenvalue weighted by molar-refractivity contribution is 7.98. The van der Waals surface area contributed by atoms with Gasteiger partial charge in [0.05, 0.1) is 5.38 Å². The number of furan rings is 1. The van der Waals surface area contributed by atoms with Crippen LogP contribution in [-0.4, -0.2) is 14.3 Å². The Bertz CT molecular complexity index is 830. The molecule has 1 heterocycles. The van der Waals surface area contributed by atoms with Gasteiger partial charge < -0.3 is 4.42 Å². The summed E-state index contributed by atoms with van der Waals surface area (Å²) in [6.45, 7) is 6.79. The molecule has 0 spiro atoms. The van der Waals surface area contributed by atoms with Crippen molar-refractivity contribution in [2.24, 2.45) is 0 Å². The Balaban J connectivity index is 2.15. The van der Waals surface area contributed by atoms with E-state index in [1.165, 1.54) is 17.0 Å². The molecule has 0 N–H and O–H groups in total. The van der Waals surface area contributed by atoms with Gasteiger partial charge >= 0.3 is 0 Å². The average molecular weight is 357 g/mol. The van der Waals surface area contributed by atoms with E-state index in [0.717, 1.165) is 27.8 Å². The maximum atomic E-state index is 13.3. The molecule has 0 aliphatic rings. The predicted octanol–water partition coefficient (Wildman–Crippen LogP) is 6.02. The zero-order valence-corrected chi connectivity index (χ0v) is 16.2. The van der Waals surface area contributed by atoms with E-state index in [2.05, 4.69) is 56.2 Å². The molecule has 0 amide bonds. The van der Waals surface area contributed by atoms with Gasteiger partial charge in [-0.1, -0.05) is 31.8 Å². The van der Waals surface area contributed by atoms with Crippen molar-refractivity contribution in [2.45, 2.75) is 24.5 Å². The minimum absolute atomic E-state index is 0.235. The number of halogens is 1. The molecule has 0 saturated carbocycles. The molecule has 1 aromatic heterocycles. The second-order valence-corrected chi connectivity index (χ2v) is 12.7. The van der Waals surface area contributed by atoms with Crippen molar-refractivity contribution in [3.8, 4) is 22.5 Å². The third-order valence-corrected chi connectivity index (χ3v) is 6.45. The summed E-state index contributed by atoms with van der Waals surface area (Å²) in [4.78, 5) is 1.23. The Morgan fingerprint density at radius 2 is 1.46 bits per heavy atom. The van der Waals surface area contributed by atoms with Crippen molar-refractivity contribution >= 4 is 25.2 Å². The molecule has 3 rings (SSSR count). The lowest BCUT2D eigenvalue weighted by Gasteiger charge is -2.11. The van der Waals surface area contributed by atoms with Gasteiger partial charge in [-0.2, -0.15) is 0 Å². The lowest BCUT2D eigenvalue weighted by molar-refractivity contribution is 0.611.